The predicted molar refractivity (Wildman–Crippen MR) is 71.0 cm³/mol. The molecule has 0 aliphatic heterocycles. The normalized spacial score (nSPS) is 23.3. The second-order valence-corrected chi connectivity index (χ2v) is 5.90. The molecule has 2 N–H and O–H groups in total. The predicted octanol–water partition coefficient (Wildman–Crippen LogP) is 2.59. The quantitative estimate of drug-likeness (QED) is 0.776. The second kappa shape index (κ2) is 4.73. The van der Waals surface area contributed by atoms with Crippen molar-refractivity contribution < 1.29 is 9.53 Å². The highest BCUT2D eigenvalue weighted by molar-refractivity contribution is 5.74. The van der Waals surface area contributed by atoms with Crippen LogP contribution in [0.5, 0.6) is 0 Å². The standard InChI is InChI=1S/C15H21NO2/c1-15(2,3)18-14(17)12-9-8-10-6-4-5-7-11(10)13(12)16/h4-7,12-13H,8-9,16H2,1-3H3/t12-,13+/m1/s1. The van der Waals surface area contributed by atoms with Gasteiger partial charge in [-0.1, -0.05) is 24.3 Å². The van der Waals surface area contributed by atoms with Crippen molar-refractivity contribution in [3.63, 3.8) is 0 Å². The van der Waals surface area contributed by atoms with Crippen LogP contribution < -0.4 is 5.73 Å². The van der Waals surface area contributed by atoms with E-state index in [9.17, 15) is 4.79 Å². The van der Waals surface area contributed by atoms with E-state index in [1.165, 1.54) is 5.56 Å². The van der Waals surface area contributed by atoms with Gasteiger partial charge in [-0.05, 0) is 44.7 Å². The van der Waals surface area contributed by atoms with Crippen molar-refractivity contribution in [2.45, 2.75) is 45.3 Å². The Bertz CT molecular complexity index is 448. The van der Waals surface area contributed by atoms with Crippen molar-refractivity contribution in [2.75, 3.05) is 0 Å². The zero-order valence-corrected chi connectivity index (χ0v) is 11.3. The molecule has 0 radical (unpaired) electrons. The van der Waals surface area contributed by atoms with Crippen LogP contribution in [0.15, 0.2) is 24.3 Å². The third kappa shape index (κ3) is 2.72. The van der Waals surface area contributed by atoms with Gasteiger partial charge in [0.25, 0.3) is 0 Å². The minimum absolute atomic E-state index is 0.176. The molecule has 2 rings (SSSR count). The van der Waals surface area contributed by atoms with Crippen LogP contribution in [0, 0.1) is 5.92 Å². The number of esters is 1. The number of carbonyl (C=O) groups excluding carboxylic acids is 1. The maximum Gasteiger partial charge on any atom is 0.311 e. The van der Waals surface area contributed by atoms with Gasteiger partial charge >= 0.3 is 5.97 Å². The van der Waals surface area contributed by atoms with Crippen LogP contribution in [-0.4, -0.2) is 11.6 Å². The van der Waals surface area contributed by atoms with Crippen molar-refractivity contribution in [1.29, 1.82) is 0 Å². The van der Waals surface area contributed by atoms with Gasteiger partial charge in [0.1, 0.15) is 5.60 Å². The number of benzene rings is 1. The van der Waals surface area contributed by atoms with Gasteiger partial charge in [-0.25, -0.2) is 0 Å². The molecule has 0 saturated heterocycles. The van der Waals surface area contributed by atoms with Crippen LogP contribution in [-0.2, 0) is 16.0 Å². The summed E-state index contributed by atoms with van der Waals surface area (Å²) in [7, 11) is 0. The van der Waals surface area contributed by atoms with Gasteiger partial charge in [0, 0.05) is 6.04 Å². The molecule has 0 unspecified atom stereocenters. The Morgan fingerprint density at radius 1 is 1.33 bits per heavy atom. The Kier molecular flexibility index (Phi) is 3.44. The van der Waals surface area contributed by atoms with E-state index >= 15 is 0 Å². The lowest BCUT2D eigenvalue weighted by Gasteiger charge is -2.31. The summed E-state index contributed by atoms with van der Waals surface area (Å²) < 4.78 is 5.44. The van der Waals surface area contributed by atoms with Crippen LogP contribution in [0.25, 0.3) is 0 Å². The molecule has 0 fully saturated rings. The largest absolute Gasteiger partial charge is 0.460 e. The molecule has 0 amide bonds. The van der Waals surface area contributed by atoms with Crippen LogP contribution in [0.3, 0.4) is 0 Å². The molecule has 98 valence electrons. The number of ether oxygens (including phenoxy) is 1. The SMILES string of the molecule is CC(C)(C)OC(=O)[C@@H]1CCc2ccccc2[C@@H]1N. The van der Waals surface area contributed by atoms with Crippen molar-refractivity contribution in [3.8, 4) is 0 Å². The van der Waals surface area contributed by atoms with E-state index in [1.54, 1.807) is 0 Å². The molecule has 18 heavy (non-hydrogen) atoms. The van der Waals surface area contributed by atoms with Crippen LogP contribution in [0.4, 0.5) is 0 Å². The number of rotatable bonds is 1. The average Bonchev–Trinajstić information content (AvgIpc) is 2.27. The monoisotopic (exact) mass is 247 g/mol. The zero-order valence-electron chi connectivity index (χ0n) is 11.3. The summed E-state index contributed by atoms with van der Waals surface area (Å²) in [6.07, 6.45) is 1.67. The number of fused-ring (bicyclic) bond motifs is 1. The van der Waals surface area contributed by atoms with Crippen LogP contribution in [0.2, 0.25) is 0 Å². The molecule has 0 heterocycles. The van der Waals surface area contributed by atoms with E-state index in [4.69, 9.17) is 10.5 Å². The van der Waals surface area contributed by atoms with Gasteiger partial charge in [0.2, 0.25) is 0 Å². The Morgan fingerprint density at radius 2 is 2.00 bits per heavy atom. The molecule has 1 aliphatic carbocycles. The Labute approximate surface area is 108 Å². The first kappa shape index (κ1) is 13.1. The molecule has 0 saturated carbocycles. The Morgan fingerprint density at radius 3 is 2.67 bits per heavy atom. The Balaban J connectivity index is 2.17. The first-order chi connectivity index (χ1) is 8.38. The molecule has 3 nitrogen and oxygen atoms in total. The van der Waals surface area contributed by atoms with Crippen LogP contribution in [0.1, 0.15) is 44.4 Å². The molecule has 0 spiro atoms. The lowest BCUT2D eigenvalue weighted by Crippen LogP contribution is -2.37. The number of nitrogens with two attached hydrogens (primary N) is 1. The number of hydrogen-bond donors (Lipinski definition) is 1. The number of carbonyl (C=O) groups is 1. The summed E-state index contributed by atoms with van der Waals surface area (Å²) in [4.78, 5) is 12.1. The van der Waals surface area contributed by atoms with E-state index in [1.807, 2.05) is 39.0 Å². The smallest absolute Gasteiger partial charge is 0.311 e. The highest BCUT2D eigenvalue weighted by Gasteiger charge is 2.34. The van der Waals surface area contributed by atoms with Gasteiger partial charge in [0.15, 0.2) is 0 Å². The van der Waals surface area contributed by atoms with Crippen molar-refractivity contribution >= 4 is 5.97 Å². The lowest BCUT2D eigenvalue weighted by atomic mass is 9.80. The van der Waals surface area contributed by atoms with Gasteiger partial charge in [-0.3, -0.25) is 4.79 Å². The molecular formula is C15H21NO2. The fourth-order valence-electron chi connectivity index (χ4n) is 2.44. The van der Waals surface area contributed by atoms with Crippen molar-refractivity contribution in [3.05, 3.63) is 35.4 Å². The van der Waals surface area contributed by atoms with Crippen molar-refractivity contribution in [2.24, 2.45) is 11.7 Å². The topological polar surface area (TPSA) is 52.3 Å². The summed E-state index contributed by atoms with van der Waals surface area (Å²) in [5, 5.41) is 0. The Hall–Kier alpha value is -1.35. The minimum atomic E-state index is -0.451. The maximum absolute atomic E-state index is 12.1. The summed E-state index contributed by atoms with van der Waals surface area (Å²) in [5.74, 6) is -0.399. The van der Waals surface area contributed by atoms with E-state index in [2.05, 4.69) is 6.07 Å². The third-order valence-corrected chi connectivity index (χ3v) is 3.28. The zero-order chi connectivity index (χ0) is 13.3. The summed E-state index contributed by atoms with van der Waals surface area (Å²) in [6.45, 7) is 5.65. The fourth-order valence-corrected chi connectivity index (χ4v) is 2.44. The number of aryl methyl sites for hydroxylation is 1. The molecule has 1 aromatic carbocycles. The lowest BCUT2D eigenvalue weighted by molar-refractivity contribution is -0.161. The van der Waals surface area contributed by atoms with E-state index in [0.717, 1.165) is 18.4 Å². The molecular weight excluding hydrogens is 226 g/mol. The van der Waals surface area contributed by atoms with E-state index in [-0.39, 0.29) is 17.9 Å². The summed E-state index contributed by atoms with van der Waals surface area (Å²) >= 11 is 0. The van der Waals surface area contributed by atoms with Gasteiger partial charge in [-0.15, -0.1) is 0 Å². The molecule has 1 aromatic rings. The number of hydrogen-bond acceptors (Lipinski definition) is 3. The summed E-state index contributed by atoms with van der Waals surface area (Å²) in [5.41, 5.74) is 8.10. The molecule has 1 aliphatic rings. The van der Waals surface area contributed by atoms with Gasteiger partial charge in [-0.2, -0.15) is 0 Å². The maximum atomic E-state index is 12.1. The van der Waals surface area contributed by atoms with Gasteiger partial charge in [0.05, 0.1) is 5.92 Å². The second-order valence-electron chi connectivity index (χ2n) is 5.90. The van der Waals surface area contributed by atoms with E-state index in [0.29, 0.717) is 0 Å². The fraction of sp³-hybridized carbons (Fsp3) is 0.533. The first-order valence-corrected chi connectivity index (χ1v) is 6.45. The van der Waals surface area contributed by atoms with Crippen LogP contribution >= 0.6 is 0 Å². The summed E-state index contributed by atoms with van der Waals surface area (Å²) in [6, 6.07) is 7.83. The molecule has 0 bridgehead atoms. The highest BCUT2D eigenvalue weighted by Crippen LogP contribution is 2.34. The van der Waals surface area contributed by atoms with Gasteiger partial charge < -0.3 is 10.5 Å². The molecule has 3 heteroatoms. The molecule has 0 aromatic heterocycles. The highest BCUT2D eigenvalue weighted by atomic mass is 16.6. The third-order valence-electron chi connectivity index (χ3n) is 3.28. The average molecular weight is 247 g/mol. The first-order valence-electron chi connectivity index (χ1n) is 6.45. The minimum Gasteiger partial charge on any atom is -0.460 e. The molecule has 2 atom stereocenters. The van der Waals surface area contributed by atoms with Crippen molar-refractivity contribution in [1.82, 2.24) is 0 Å². The van der Waals surface area contributed by atoms with E-state index < -0.39 is 5.60 Å².